The summed E-state index contributed by atoms with van der Waals surface area (Å²) in [5, 5.41) is 18.7. The molecule has 4 rings (SSSR count). The molecule has 1 fully saturated rings. The van der Waals surface area contributed by atoms with Gasteiger partial charge < -0.3 is 25.5 Å². The Labute approximate surface area is 218 Å². The molecule has 1 aromatic carbocycles. The SMILES string of the molecule is CC(C)ON=C(C(=O)NC1C(=O)N2C=C(C(=O)OCc3ccc([N+](=O)[O-])cc3)CS[C@H]12)c1csc(N)n1. The number of rotatable bonds is 9. The van der Waals surface area contributed by atoms with E-state index in [1.54, 1.807) is 19.2 Å². The number of aromatic nitrogens is 1. The largest absolute Gasteiger partial charge is 0.457 e. The van der Waals surface area contributed by atoms with Gasteiger partial charge in [-0.2, -0.15) is 0 Å². The molecule has 1 saturated heterocycles. The number of esters is 1. The van der Waals surface area contributed by atoms with Crippen LogP contribution in [0.1, 0.15) is 25.1 Å². The van der Waals surface area contributed by atoms with Gasteiger partial charge in [0.1, 0.15) is 29.8 Å². The minimum Gasteiger partial charge on any atom is -0.457 e. The first-order valence-corrected chi connectivity index (χ1v) is 12.9. The number of nitro groups is 1. The van der Waals surface area contributed by atoms with Gasteiger partial charge in [-0.25, -0.2) is 9.78 Å². The zero-order chi connectivity index (χ0) is 26.7. The summed E-state index contributed by atoms with van der Waals surface area (Å²) in [6, 6.07) is 4.82. The quantitative estimate of drug-likeness (QED) is 0.155. The highest BCUT2D eigenvalue weighted by Gasteiger charge is 2.50. The fourth-order valence-electron chi connectivity index (χ4n) is 3.35. The predicted octanol–water partition coefficient (Wildman–Crippen LogP) is 1.79. The fourth-order valence-corrected chi connectivity index (χ4v) is 5.14. The van der Waals surface area contributed by atoms with Gasteiger partial charge in [0.2, 0.25) is 0 Å². The van der Waals surface area contributed by atoms with Crippen LogP contribution in [-0.4, -0.2) is 61.6 Å². The summed E-state index contributed by atoms with van der Waals surface area (Å²) in [6.07, 6.45) is 1.14. The Morgan fingerprint density at radius 3 is 2.70 bits per heavy atom. The van der Waals surface area contributed by atoms with Gasteiger partial charge in [0.05, 0.1) is 10.5 Å². The van der Waals surface area contributed by atoms with E-state index in [2.05, 4.69) is 15.5 Å². The number of hydrogen-bond donors (Lipinski definition) is 2. The smallest absolute Gasteiger partial charge is 0.336 e. The number of ether oxygens (including phenoxy) is 1. The summed E-state index contributed by atoms with van der Waals surface area (Å²) in [4.78, 5) is 59.1. The van der Waals surface area contributed by atoms with Crippen molar-refractivity contribution in [2.75, 3.05) is 11.5 Å². The van der Waals surface area contributed by atoms with Crippen LogP contribution in [0.25, 0.3) is 0 Å². The molecule has 2 amide bonds. The molecule has 15 heteroatoms. The molecular formula is C22H22N6O7S2. The fraction of sp³-hybridized carbons (Fsp3) is 0.318. The second-order valence-corrected chi connectivity index (χ2v) is 10.2. The van der Waals surface area contributed by atoms with Crippen LogP contribution in [-0.2, 0) is 30.6 Å². The highest BCUT2D eigenvalue weighted by atomic mass is 32.2. The zero-order valence-corrected chi connectivity index (χ0v) is 21.3. The number of nitrogens with two attached hydrogens (primary N) is 1. The van der Waals surface area contributed by atoms with Gasteiger partial charge in [-0.3, -0.25) is 19.7 Å². The molecule has 2 atom stereocenters. The van der Waals surface area contributed by atoms with Crippen LogP contribution in [0.15, 0.2) is 46.6 Å². The number of oxime groups is 1. The van der Waals surface area contributed by atoms with E-state index in [1.807, 2.05) is 0 Å². The van der Waals surface area contributed by atoms with E-state index in [0.717, 1.165) is 11.3 Å². The molecule has 2 aliphatic rings. The van der Waals surface area contributed by atoms with Gasteiger partial charge in [-0.1, -0.05) is 5.16 Å². The number of nitrogens with one attached hydrogen (secondary N) is 1. The Morgan fingerprint density at radius 1 is 1.35 bits per heavy atom. The third-order valence-electron chi connectivity index (χ3n) is 5.18. The van der Waals surface area contributed by atoms with E-state index >= 15 is 0 Å². The lowest BCUT2D eigenvalue weighted by Gasteiger charge is -2.47. The number of nitrogens with zero attached hydrogens (tertiary/aromatic N) is 4. The second kappa shape index (κ2) is 11.0. The van der Waals surface area contributed by atoms with Crippen molar-refractivity contribution in [3.05, 3.63) is 62.8 Å². The van der Waals surface area contributed by atoms with E-state index in [0.29, 0.717) is 5.56 Å². The summed E-state index contributed by atoms with van der Waals surface area (Å²) >= 11 is 2.44. The summed E-state index contributed by atoms with van der Waals surface area (Å²) in [7, 11) is 0. The van der Waals surface area contributed by atoms with Crippen LogP contribution in [0.5, 0.6) is 0 Å². The van der Waals surface area contributed by atoms with Gasteiger partial charge >= 0.3 is 5.97 Å². The highest BCUT2D eigenvalue weighted by Crippen LogP contribution is 2.36. The number of hydrogen-bond acceptors (Lipinski definition) is 12. The van der Waals surface area contributed by atoms with Crippen LogP contribution in [0.3, 0.4) is 0 Å². The number of thioether (sulfide) groups is 1. The number of benzene rings is 1. The predicted molar refractivity (Wildman–Crippen MR) is 135 cm³/mol. The normalized spacial score (nSPS) is 19.0. The second-order valence-electron chi connectivity index (χ2n) is 8.22. The number of nitro benzene ring substituents is 1. The third-order valence-corrected chi connectivity index (χ3v) is 7.18. The molecule has 2 aromatic rings. The maximum absolute atomic E-state index is 12.9. The lowest BCUT2D eigenvalue weighted by molar-refractivity contribution is -0.384. The number of nitrogen functional groups attached to an aromatic ring is 1. The van der Waals surface area contributed by atoms with Gasteiger partial charge in [0, 0.05) is 29.5 Å². The van der Waals surface area contributed by atoms with Crippen molar-refractivity contribution in [2.45, 2.75) is 38.0 Å². The van der Waals surface area contributed by atoms with Gasteiger partial charge in [0.25, 0.3) is 17.5 Å². The molecule has 2 aliphatic heterocycles. The van der Waals surface area contributed by atoms with Crippen LogP contribution in [0.4, 0.5) is 10.8 Å². The van der Waals surface area contributed by atoms with E-state index in [9.17, 15) is 24.5 Å². The lowest BCUT2D eigenvalue weighted by atomic mass is 10.1. The van der Waals surface area contributed by atoms with Crippen molar-refractivity contribution in [1.29, 1.82) is 0 Å². The van der Waals surface area contributed by atoms with E-state index in [-0.39, 0.29) is 46.3 Å². The van der Waals surface area contributed by atoms with Gasteiger partial charge in [0.15, 0.2) is 10.8 Å². The van der Waals surface area contributed by atoms with E-state index in [1.165, 1.54) is 47.1 Å². The monoisotopic (exact) mass is 546 g/mol. The first-order valence-electron chi connectivity index (χ1n) is 10.9. The van der Waals surface area contributed by atoms with Crippen LogP contribution < -0.4 is 11.1 Å². The molecule has 0 bridgehead atoms. The molecule has 3 N–H and O–H groups in total. The van der Waals surface area contributed by atoms with Crippen LogP contribution >= 0.6 is 23.1 Å². The topological polar surface area (TPSA) is 179 Å². The Morgan fingerprint density at radius 2 is 2.08 bits per heavy atom. The molecule has 1 aromatic heterocycles. The molecule has 13 nitrogen and oxygen atoms in total. The van der Waals surface area contributed by atoms with Gasteiger partial charge in [-0.05, 0) is 31.5 Å². The van der Waals surface area contributed by atoms with Crippen LogP contribution in [0.2, 0.25) is 0 Å². The van der Waals surface area contributed by atoms with E-state index < -0.39 is 34.1 Å². The molecule has 194 valence electrons. The molecule has 37 heavy (non-hydrogen) atoms. The van der Waals surface area contributed by atoms with Crippen molar-refractivity contribution < 1.29 is 28.9 Å². The number of carbonyl (C=O) groups is 3. The Hall–Kier alpha value is -3.98. The Kier molecular flexibility index (Phi) is 7.73. The molecule has 1 unspecified atom stereocenters. The Balaban J connectivity index is 1.36. The number of anilines is 1. The first kappa shape index (κ1) is 26.1. The molecule has 3 heterocycles. The first-order chi connectivity index (χ1) is 17.6. The van der Waals surface area contributed by atoms with Crippen molar-refractivity contribution in [1.82, 2.24) is 15.2 Å². The Bertz CT molecular complexity index is 1290. The number of non-ortho nitro benzene ring substituents is 1. The summed E-state index contributed by atoms with van der Waals surface area (Å²) in [6.45, 7) is 3.43. The van der Waals surface area contributed by atoms with Crippen molar-refractivity contribution in [3.8, 4) is 0 Å². The van der Waals surface area contributed by atoms with Crippen molar-refractivity contribution in [3.63, 3.8) is 0 Å². The minimum atomic E-state index is -0.827. The molecule has 0 spiro atoms. The number of amides is 2. The molecular weight excluding hydrogens is 524 g/mol. The molecule has 0 radical (unpaired) electrons. The summed E-state index contributed by atoms with van der Waals surface area (Å²) < 4.78 is 5.29. The van der Waals surface area contributed by atoms with Crippen molar-refractivity contribution >= 4 is 57.4 Å². The highest BCUT2D eigenvalue weighted by molar-refractivity contribution is 8.00. The maximum Gasteiger partial charge on any atom is 0.336 e. The van der Waals surface area contributed by atoms with Gasteiger partial charge in [-0.15, -0.1) is 23.1 Å². The minimum absolute atomic E-state index is 0.0630. The average Bonchev–Trinajstić information content (AvgIpc) is 3.31. The maximum atomic E-state index is 12.9. The number of fused-ring (bicyclic) bond motifs is 1. The lowest BCUT2D eigenvalue weighted by Crippen LogP contribution is -2.69. The van der Waals surface area contributed by atoms with Crippen LogP contribution in [0, 0.1) is 10.1 Å². The average molecular weight is 547 g/mol. The zero-order valence-electron chi connectivity index (χ0n) is 19.7. The van der Waals surface area contributed by atoms with E-state index in [4.69, 9.17) is 15.3 Å². The van der Waals surface area contributed by atoms with Crippen molar-refractivity contribution in [2.24, 2.45) is 5.16 Å². The standard InChI is InChI=1S/C22H22N6O7S2/c1-11(2)35-26-16(15-10-37-22(23)24-15)18(29)25-17-19(30)27-7-13(9-36-20(17)27)21(31)34-8-12-3-5-14(6-4-12)28(32)33/h3-7,10-11,17,20H,8-9H2,1-2H3,(H2,23,24)(H,25,29)/t17?,20-/m1/s1. The summed E-state index contributed by atoms with van der Waals surface area (Å²) in [5.74, 6) is -1.37. The third kappa shape index (κ3) is 5.89. The summed E-state index contributed by atoms with van der Waals surface area (Å²) in [5.41, 5.74) is 6.62. The number of β-lactam (4-membered cyclic amide) rings is 1. The number of thiazole rings is 1. The number of carbonyl (C=O) groups excluding carboxylic acids is 3. The molecule has 0 saturated carbocycles. The molecule has 0 aliphatic carbocycles.